The van der Waals surface area contributed by atoms with Crippen molar-refractivity contribution < 1.29 is 9.53 Å². The van der Waals surface area contributed by atoms with Crippen LogP contribution in [0.25, 0.3) is 22.2 Å². The predicted molar refractivity (Wildman–Crippen MR) is 114 cm³/mol. The zero-order chi connectivity index (χ0) is 20.4. The minimum Gasteiger partial charge on any atom is -0.495 e. The maximum Gasteiger partial charge on any atom is 0.246 e. The fraction of sp³-hybridized carbons (Fsp3) is 0.174. The van der Waals surface area contributed by atoms with E-state index in [9.17, 15) is 4.79 Å². The number of hydrogen-bond donors (Lipinski definition) is 1. The summed E-state index contributed by atoms with van der Waals surface area (Å²) in [4.78, 5) is 17.1. The third-order valence-corrected chi connectivity index (χ3v) is 4.84. The summed E-state index contributed by atoms with van der Waals surface area (Å²) in [6, 6.07) is 17.7. The van der Waals surface area contributed by atoms with E-state index >= 15 is 0 Å². The minimum atomic E-state index is -0.193. The van der Waals surface area contributed by atoms with Crippen molar-refractivity contribution in [1.82, 2.24) is 14.8 Å². The number of carbonyl (C=O) groups is 1. The number of ether oxygens (including phenoxy) is 1. The molecule has 0 saturated carbocycles. The molecule has 4 aromatic rings. The lowest BCUT2D eigenvalue weighted by atomic mass is 10.0. The Labute approximate surface area is 169 Å². The molecule has 6 nitrogen and oxygen atoms in total. The van der Waals surface area contributed by atoms with Crippen molar-refractivity contribution >= 4 is 22.6 Å². The quantitative estimate of drug-likeness (QED) is 0.553. The number of fused-ring (bicyclic) bond motifs is 1. The first kappa shape index (κ1) is 18.7. The van der Waals surface area contributed by atoms with E-state index in [1.807, 2.05) is 25.1 Å². The Morgan fingerprint density at radius 2 is 1.83 bits per heavy atom. The van der Waals surface area contributed by atoms with E-state index in [0.717, 1.165) is 22.2 Å². The highest BCUT2D eigenvalue weighted by atomic mass is 16.5. The largest absolute Gasteiger partial charge is 0.495 e. The number of pyridine rings is 1. The molecular weight excluding hydrogens is 364 g/mol. The van der Waals surface area contributed by atoms with E-state index in [2.05, 4.69) is 46.6 Å². The van der Waals surface area contributed by atoms with Gasteiger partial charge in [0.15, 0.2) is 5.65 Å². The van der Waals surface area contributed by atoms with E-state index in [4.69, 9.17) is 4.74 Å². The number of anilines is 1. The first-order valence-corrected chi connectivity index (χ1v) is 9.39. The van der Waals surface area contributed by atoms with Gasteiger partial charge in [-0.1, -0.05) is 42.0 Å². The van der Waals surface area contributed by atoms with Crippen LogP contribution in [0, 0.1) is 13.8 Å². The zero-order valence-corrected chi connectivity index (χ0v) is 16.6. The molecule has 0 unspecified atom stereocenters. The van der Waals surface area contributed by atoms with Crippen molar-refractivity contribution in [3.63, 3.8) is 0 Å². The highest BCUT2D eigenvalue weighted by Gasteiger charge is 2.16. The van der Waals surface area contributed by atoms with Crippen molar-refractivity contribution in [2.75, 3.05) is 12.4 Å². The lowest BCUT2D eigenvalue weighted by molar-refractivity contribution is -0.116. The molecule has 0 aliphatic rings. The van der Waals surface area contributed by atoms with Gasteiger partial charge in [0.25, 0.3) is 0 Å². The van der Waals surface area contributed by atoms with Crippen LogP contribution in [0.1, 0.15) is 11.3 Å². The fourth-order valence-electron chi connectivity index (χ4n) is 3.44. The molecule has 2 aromatic heterocycles. The van der Waals surface area contributed by atoms with Crippen molar-refractivity contribution in [2.45, 2.75) is 20.4 Å². The molecule has 0 spiro atoms. The van der Waals surface area contributed by atoms with Crippen LogP contribution in [-0.4, -0.2) is 27.8 Å². The van der Waals surface area contributed by atoms with E-state index in [1.54, 1.807) is 30.1 Å². The molecule has 2 aromatic carbocycles. The highest BCUT2D eigenvalue weighted by Crippen LogP contribution is 2.30. The van der Waals surface area contributed by atoms with Gasteiger partial charge in [-0.25, -0.2) is 9.67 Å². The summed E-state index contributed by atoms with van der Waals surface area (Å²) in [5.74, 6) is 0.420. The average Bonchev–Trinajstić information content (AvgIpc) is 3.04. The van der Waals surface area contributed by atoms with Crippen LogP contribution in [0.15, 0.2) is 60.8 Å². The van der Waals surface area contributed by atoms with Crippen LogP contribution in [-0.2, 0) is 11.3 Å². The lowest BCUT2D eigenvalue weighted by Crippen LogP contribution is -2.20. The van der Waals surface area contributed by atoms with Gasteiger partial charge in [0, 0.05) is 11.6 Å². The van der Waals surface area contributed by atoms with Crippen LogP contribution >= 0.6 is 0 Å². The first-order valence-electron chi connectivity index (χ1n) is 9.39. The Balaban J connectivity index is 1.66. The van der Waals surface area contributed by atoms with E-state index < -0.39 is 0 Å². The first-order chi connectivity index (χ1) is 14.1. The van der Waals surface area contributed by atoms with Crippen LogP contribution in [0.2, 0.25) is 0 Å². The second kappa shape index (κ2) is 7.75. The molecule has 1 amide bonds. The summed E-state index contributed by atoms with van der Waals surface area (Å²) in [5.41, 5.74) is 5.53. The summed E-state index contributed by atoms with van der Waals surface area (Å²) in [6.45, 7) is 4.07. The third kappa shape index (κ3) is 3.69. The molecule has 6 heteroatoms. The van der Waals surface area contributed by atoms with Gasteiger partial charge in [0.05, 0.1) is 18.5 Å². The summed E-state index contributed by atoms with van der Waals surface area (Å²) >= 11 is 0. The van der Waals surface area contributed by atoms with Crippen LogP contribution in [0.4, 0.5) is 5.69 Å². The normalized spacial score (nSPS) is 10.9. The number of rotatable bonds is 5. The monoisotopic (exact) mass is 386 g/mol. The van der Waals surface area contributed by atoms with Gasteiger partial charge < -0.3 is 10.1 Å². The Morgan fingerprint density at radius 3 is 2.59 bits per heavy atom. The van der Waals surface area contributed by atoms with Crippen molar-refractivity contribution in [2.24, 2.45) is 0 Å². The van der Waals surface area contributed by atoms with Gasteiger partial charge in [-0.3, -0.25) is 4.79 Å². The Hall–Kier alpha value is -3.67. The molecule has 0 atom stereocenters. The summed E-state index contributed by atoms with van der Waals surface area (Å²) in [6.07, 6.45) is 1.76. The van der Waals surface area contributed by atoms with Crippen molar-refractivity contribution in [3.05, 3.63) is 72.1 Å². The Morgan fingerprint density at radius 1 is 1.07 bits per heavy atom. The number of aromatic nitrogens is 3. The maximum absolute atomic E-state index is 12.6. The average molecular weight is 386 g/mol. The summed E-state index contributed by atoms with van der Waals surface area (Å²) in [5, 5.41) is 8.42. The number of amides is 1. The topological polar surface area (TPSA) is 69.0 Å². The number of nitrogens with zero attached hydrogens (tertiary/aromatic N) is 3. The molecule has 4 rings (SSSR count). The fourth-order valence-corrected chi connectivity index (χ4v) is 3.44. The smallest absolute Gasteiger partial charge is 0.246 e. The third-order valence-electron chi connectivity index (χ3n) is 4.84. The van der Waals surface area contributed by atoms with Gasteiger partial charge in [-0.2, -0.15) is 5.10 Å². The standard InChI is InChI=1S/C23H22N4O2/c1-15-8-10-17(11-9-15)18-12-13-24-23-22(18)16(2)26-27(23)14-21(28)25-19-6-4-5-7-20(19)29-3/h4-13H,14H2,1-3H3,(H,25,28). The molecule has 0 saturated heterocycles. The molecule has 0 aliphatic carbocycles. The lowest BCUT2D eigenvalue weighted by Gasteiger charge is -2.10. The van der Waals surface area contributed by atoms with Crippen LogP contribution in [0.3, 0.4) is 0 Å². The summed E-state index contributed by atoms with van der Waals surface area (Å²) < 4.78 is 6.94. The molecule has 146 valence electrons. The number of hydrogen-bond acceptors (Lipinski definition) is 4. The molecule has 2 heterocycles. The van der Waals surface area contributed by atoms with E-state index in [0.29, 0.717) is 17.1 Å². The SMILES string of the molecule is COc1ccccc1NC(=O)Cn1nc(C)c2c(-c3ccc(C)cc3)ccnc21. The molecule has 0 bridgehead atoms. The van der Waals surface area contributed by atoms with Gasteiger partial charge in [-0.15, -0.1) is 0 Å². The van der Waals surface area contributed by atoms with E-state index in [1.165, 1.54) is 5.56 Å². The summed E-state index contributed by atoms with van der Waals surface area (Å²) in [7, 11) is 1.58. The molecule has 0 fully saturated rings. The van der Waals surface area contributed by atoms with Gasteiger partial charge in [0.1, 0.15) is 12.3 Å². The number of methoxy groups -OCH3 is 1. The second-order valence-electron chi connectivity index (χ2n) is 6.91. The number of carbonyl (C=O) groups excluding carboxylic acids is 1. The Kier molecular flexibility index (Phi) is 4.99. The number of benzene rings is 2. The number of para-hydroxylation sites is 2. The zero-order valence-electron chi connectivity index (χ0n) is 16.6. The van der Waals surface area contributed by atoms with Crippen LogP contribution in [0.5, 0.6) is 5.75 Å². The number of nitrogens with one attached hydrogen (secondary N) is 1. The minimum absolute atomic E-state index is 0.0622. The Bertz CT molecular complexity index is 1180. The second-order valence-corrected chi connectivity index (χ2v) is 6.91. The molecule has 29 heavy (non-hydrogen) atoms. The molecule has 0 radical (unpaired) electrons. The maximum atomic E-state index is 12.6. The van der Waals surface area contributed by atoms with Gasteiger partial charge in [-0.05, 0) is 43.2 Å². The predicted octanol–water partition coefficient (Wildman–Crippen LogP) is 4.36. The van der Waals surface area contributed by atoms with Crippen molar-refractivity contribution in [1.29, 1.82) is 0 Å². The molecule has 1 N–H and O–H groups in total. The molecule has 0 aliphatic heterocycles. The molecular formula is C23H22N4O2. The van der Waals surface area contributed by atoms with Gasteiger partial charge in [0.2, 0.25) is 5.91 Å². The number of aryl methyl sites for hydroxylation is 2. The van der Waals surface area contributed by atoms with Gasteiger partial charge >= 0.3 is 0 Å². The van der Waals surface area contributed by atoms with Crippen molar-refractivity contribution in [3.8, 4) is 16.9 Å². The van der Waals surface area contributed by atoms with Crippen LogP contribution < -0.4 is 10.1 Å². The highest BCUT2D eigenvalue weighted by molar-refractivity contribution is 5.96. The van der Waals surface area contributed by atoms with E-state index in [-0.39, 0.29) is 12.5 Å².